The number of halogens is 1. The monoisotopic (exact) mass is 297 g/mol. The summed E-state index contributed by atoms with van der Waals surface area (Å²) in [7, 11) is 0. The molecule has 4 aromatic rings. The molecular formula is C14H8BrN3. The maximum Gasteiger partial charge on any atom is 0.157 e. The second kappa shape index (κ2) is 3.53. The van der Waals surface area contributed by atoms with Crippen LogP contribution in [0.15, 0.2) is 46.9 Å². The van der Waals surface area contributed by atoms with E-state index in [9.17, 15) is 0 Å². The maximum absolute atomic E-state index is 4.72. The van der Waals surface area contributed by atoms with Crippen molar-refractivity contribution in [1.82, 2.24) is 15.0 Å². The minimum atomic E-state index is 0.835. The number of hydrogen-bond acceptors (Lipinski definition) is 2. The minimum Gasteiger partial charge on any atom is -0.338 e. The molecular weight excluding hydrogens is 290 g/mol. The number of para-hydroxylation sites is 2. The summed E-state index contributed by atoms with van der Waals surface area (Å²) in [5, 5.41) is 1.11. The zero-order valence-corrected chi connectivity index (χ0v) is 10.9. The third-order valence-electron chi connectivity index (χ3n) is 3.08. The molecule has 4 rings (SSSR count). The standard InChI is InChI=1S/C14H8BrN3/c15-9-5-3-7-11-13(9)18-12-8-4-1-2-6-10(8)16-14(12)17-11/h1-7H,(H,16,17). The van der Waals surface area contributed by atoms with Crippen LogP contribution in [0.2, 0.25) is 0 Å². The quantitative estimate of drug-likeness (QED) is 0.532. The third-order valence-corrected chi connectivity index (χ3v) is 3.72. The lowest BCUT2D eigenvalue weighted by atomic mass is 10.2. The van der Waals surface area contributed by atoms with Crippen molar-refractivity contribution in [3.05, 3.63) is 46.9 Å². The average molecular weight is 298 g/mol. The summed E-state index contributed by atoms with van der Waals surface area (Å²) in [6, 6.07) is 14.0. The van der Waals surface area contributed by atoms with Crippen molar-refractivity contribution in [3.8, 4) is 0 Å². The second-order valence-electron chi connectivity index (χ2n) is 4.20. The number of fused-ring (bicyclic) bond motifs is 4. The maximum atomic E-state index is 4.72. The van der Waals surface area contributed by atoms with Crippen LogP contribution in [-0.4, -0.2) is 15.0 Å². The molecule has 3 nitrogen and oxygen atoms in total. The summed E-state index contributed by atoms with van der Waals surface area (Å²) in [5.74, 6) is 0. The highest BCUT2D eigenvalue weighted by Gasteiger charge is 2.09. The van der Waals surface area contributed by atoms with E-state index in [1.54, 1.807) is 0 Å². The summed E-state index contributed by atoms with van der Waals surface area (Å²) in [6.07, 6.45) is 0. The van der Waals surface area contributed by atoms with Crippen LogP contribution < -0.4 is 0 Å². The molecule has 1 N–H and O–H groups in total. The number of hydrogen-bond donors (Lipinski definition) is 1. The Labute approximate surface area is 111 Å². The molecule has 0 aliphatic carbocycles. The van der Waals surface area contributed by atoms with Crippen molar-refractivity contribution < 1.29 is 0 Å². The van der Waals surface area contributed by atoms with Crippen molar-refractivity contribution in [2.45, 2.75) is 0 Å². The van der Waals surface area contributed by atoms with Gasteiger partial charge < -0.3 is 4.98 Å². The highest BCUT2D eigenvalue weighted by atomic mass is 79.9. The zero-order valence-electron chi connectivity index (χ0n) is 9.31. The number of nitrogens with one attached hydrogen (secondary N) is 1. The molecule has 0 saturated carbocycles. The number of benzene rings is 2. The third kappa shape index (κ3) is 1.29. The molecule has 0 bridgehead atoms. The Morgan fingerprint density at radius 1 is 0.889 bits per heavy atom. The van der Waals surface area contributed by atoms with Crippen molar-refractivity contribution in [2.75, 3.05) is 0 Å². The van der Waals surface area contributed by atoms with Gasteiger partial charge in [0, 0.05) is 15.4 Å². The van der Waals surface area contributed by atoms with Crippen LogP contribution in [0.25, 0.3) is 33.1 Å². The summed E-state index contributed by atoms with van der Waals surface area (Å²) in [5.41, 5.74) is 4.61. The van der Waals surface area contributed by atoms with Gasteiger partial charge in [0.1, 0.15) is 11.0 Å². The Bertz CT molecular complexity index is 895. The minimum absolute atomic E-state index is 0.835. The first-order valence-corrected chi connectivity index (χ1v) is 6.45. The van der Waals surface area contributed by atoms with Gasteiger partial charge in [0.2, 0.25) is 0 Å². The fourth-order valence-electron chi connectivity index (χ4n) is 2.24. The molecule has 2 heterocycles. The van der Waals surface area contributed by atoms with Crippen LogP contribution in [0.5, 0.6) is 0 Å². The Morgan fingerprint density at radius 3 is 2.72 bits per heavy atom. The van der Waals surface area contributed by atoms with Crippen molar-refractivity contribution in [1.29, 1.82) is 0 Å². The summed E-state index contributed by atoms with van der Waals surface area (Å²) in [6.45, 7) is 0. The van der Waals surface area contributed by atoms with Gasteiger partial charge in [-0.2, -0.15) is 0 Å². The van der Waals surface area contributed by atoms with E-state index in [-0.39, 0.29) is 0 Å². The molecule has 2 aromatic heterocycles. The molecule has 0 aliphatic rings. The molecule has 0 unspecified atom stereocenters. The van der Waals surface area contributed by atoms with Crippen LogP contribution in [-0.2, 0) is 0 Å². The van der Waals surface area contributed by atoms with Crippen LogP contribution in [0.3, 0.4) is 0 Å². The summed E-state index contributed by atoms with van der Waals surface area (Å²) in [4.78, 5) is 12.7. The lowest BCUT2D eigenvalue weighted by molar-refractivity contribution is 1.35. The van der Waals surface area contributed by atoms with E-state index >= 15 is 0 Å². The first-order chi connectivity index (χ1) is 8.83. The molecule has 0 amide bonds. The molecule has 0 fully saturated rings. The number of aromatic nitrogens is 3. The molecule has 86 valence electrons. The zero-order chi connectivity index (χ0) is 12.1. The van der Waals surface area contributed by atoms with Crippen LogP contribution >= 0.6 is 15.9 Å². The predicted octanol–water partition coefficient (Wildman–Crippen LogP) is 4.03. The number of rotatable bonds is 0. The van der Waals surface area contributed by atoms with Crippen LogP contribution in [0.4, 0.5) is 0 Å². The van der Waals surface area contributed by atoms with Gasteiger partial charge in [0.15, 0.2) is 5.65 Å². The Hall–Kier alpha value is -1.94. The largest absolute Gasteiger partial charge is 0.338 e. The molecule has 0 saturated heterocycles. The smallest absolute Gasteiger partial charge is 0.157 e. The molecule has 0 spiro atoms. The molecule has 0 aliphatic heterocycles. The number of aromatic amines is 1. The number of nitrogens with zero attached hydrogens (tertiary/aromatic N) is 2. The normalized spacial score (nSPS) is 11.6. The van der Waals surface area contributed by atoms with Gasteiger partial charge in [-0.05, 0) is 34.1 Å². The van der Waals surface area contributed by atoms with Crippen LogP contribution in [0, 0.1) is 0 Å². The van der Waals surface area contributed by atoms with Gasteiger partial charge in [0.05, 0.1) is 5.52 Å². The lowest BCUT2D eigenvalue weighted by Crippen LogP contribution is -1.86. The first kappa shape index (κ1) is 10.0. The topological polar surface area (TPSA) is 41.6 Å². The van der Waals surface area contributed by atoms with Gasteiger partial charge >= 0.3 is 0 Å². The van der Waals surface area contributed by atoms with E-state index in [0.29, 0.717) is 0 Å². The first-order valence-electron chi connectivity index (χ1n) is 5.65. The molecule has 0 radical (unpaired) electrons. The SMILES string of the molecule is Brc1cccc2nc3[nH]c4ccccc4c3nc12. The van der Waals surface area contributed by atoms with Gasteiger partial charge in [-0.15, -0.1) is 0 Å². The summed E-state index contributed by atoms with van der Waals surface area (Å²) >= 11 is 3.52. The van der Waals surface area contributed by atoms with E-state index in [2.05, 4.69) is 32.0 Å². The van der Waals surface area contributed by atoms with Crippen molar-refractivity contribution >= 4 is 49.0 Å². The highest BCUT2D eigenvalue weighted by molar-refractivity contribution is 9.10. The van der Waals surface area contributed by atoms with E-state index in [1.807, 2.05) is 36.4 Å². The second-order valence-corrected chi connectivity index (χ2v) is 5.05. The van der Waals surface area contributed by atoms with E-state index in [1.165, 1.54) is 0 Å². The predicted molar refractivity (Wildman–Crippen MR) is 76.6 cm³/mol. The lowest BCUT2D eigenvalue weighted by Gasteiger charge is -1.99. The van der Waals surface area contributed by atoms with Gasteiger partial charge in [-0.25, -0.2) is 9.97 Å². The number of H-pyrrole nitrogens is 1. The van der Waals surface area contributed by atoms with Crippen molar-refractivity contribution in [2.24, 2.45) is 0 Å². The molecule has 18 heavy (non-hydrogen) atoms. The Kier molecular flexibility index (Phi) is 1.96. The fourth-order valence-corrected chi connectivity index (χ4v) is 2.69. The van der Waals surface area contributed by atoms with Gasteiger partial charge in [-0.3, -0.25) is 0 Å². The van der Waals surface area contributed by atoms with E-state index in [4.69, 9.17) is 4.98 Å². The summed E-state index contributed by atoms with van der Waals surface area (Å²) < 4.78 is 0.972. The van der Waals surface area contributed by atoms with E-state index < -0.39 is 0 Å². The average Bonchev–Trinajstić information content (AvgIpc) is 2.75. The molecule has 4 heteroatoms. The Balaban J connectivity index is 2.28. The van der Waals surface area contributed by atoms with Crippen LogP contribution in [0.1, 0.15) is 0 Å². The van der Waals surface area contributed by atoms with Crippen molar-refractivity contribution in [3.63, 3.8) is 0 Å². The van der Waals surface area contributed by atoms with Gasteiger partial charge in [0.25, 0.3) is 0 Å². The van der Waals surface area contributed by atoms with E-state index in [0.717, 1.165) is 37.6 Å². The fraction of sp³-hybridized carbons (Fsp3) is 0. The molecule has 0 atom stereocenters. The highest BCUT2D eigenvalue weighted by Crippen LogP contribution is 2.27. The molecule has 2 aromatic carbocycles. The van der Waals surface area contributed by atoms with Gasteiger partial charge in [-0.1, -0.05) is 24.3 Å². The Morgan fingerprint density at radius 2 is 1.78 bits per heavy atom.